The van der Waals surface area contributed by atoms with Gasteiger partial charge >= 0.3 is 44.9 Å². The Morgan fingerprint density at radius 2 is 0.928 bits per heavy atom. The van der Waals surface area contributed by atoms with Crippen LogP contribution in [0, 0.1) is 27.7 Å². The zero-order chi connectivity index (χ0) is 57.5. The summed E-state index contributed by atoms with van der Waals surface area (Å²) in [6.07, 6.45) is 7.64. The Bertz CT molecular complexity index is 4090. The first kappa shape index (κ1) is 60.9. The zero-order valence-corrected chi connectivity index (χ0v) is 52.3. The van der Waals surface area contributed by atoms with Crippen molar-refractivity contribution in [1.29, 1.82) is 0 Å². The van der Waals surface area contributed by atoms with Crippen molar-refractivity contribution >= 4 is 84.1 Å². The van der Waals surface area contributed by atoms with Gasteiger partial charge in [-0.25, -0.2) is 9.97 Å². The molecule has 0 saturated carbocycles. The number of aryl methyl sites for hydroxylation is 8. The van der Waals surface area contributed by atoms with Crippen LogP contribution in [0.15, 0.2) is 36.4 Å². The summed E-state index contributed by atoms with van der Waals surface area (Å²) < 4.78 is 9.95. The number of fused-ring (bicyclic) bond motifs is 16. The molecule has 436 valence electrons. The molecule has 0 saturated heterocycles. The number of ketones is 1. The van der Waals surface area contributed by atoms with E-state index in [9.17, 15) is 14.4 Å². The molecule has 13 nitrogen and oxygen atoms in total. The molecule has 0 unspecified atom stereocenters. The van der Waals surface area contributed by atoms with Gasteiger partial charge in [-0.3, -0.25) is 24.4 Å². The van der Waals surface area contributed by atoms with Crippen LogP contribution in [0.5, 0.6) is 0 Å². The first-order chi connectivity index (χ1) is 38.9. The number of aromatic nitrogens is 8. The Morgan fingerprint density at radius 1 is 0.506 bits per heavy atom. The standard InChI is InChI=1S/C34H37N4O3.C34H38N4O2.2Ni/c1-8-20-16(3)24-13-26-18(5)22(10-11-31(40)41-7)33(37-26)23-12-30(39)32-19(6)27(38-34(23)32)15-29-21(9-2)17(4)25(36-29)14-28(20)35-24;1-8-21-17(3)26-14-28-20(6)24(12-13-32(39)40-7)34(37-28)25-11-10-23-19(5)29(38-33(23)25)16-31-22(9-2)18(4)27(36-31)15-30(21)35-26;;/h13-15,18,22H,8-12H2,1-7H3,(H-,35,36,37,38,39);14-16,20,24H,8-13H2,1-7H3;;/q-1;-2;2*+2/p-1/t18-,22-;20-,24-;;/m00../s1. The molecule has 0 aromatic carbocycles. The molecule has 6 aromatic heterocycles. The molecule has 0 N–H and O–H groups in total. The molecule has 0 amide bonds. The van der Waals surface area contributed by atoms with Crippen molar-refractivity contribution in [2.45, 2.75) is 177 Å². The van der Waals surface area contributed by atoms with Gasteiger partial charge in [-0.1, -0.05) is 117 Å². The third-order valence-electron chi connectivity index (χ3n) is 18.8. The number of carbonyl (C=O) groups is 3. The maximum Gasteiger partial charge on any atom is 2.00 e. The molecule has 16 bridgehead atoms. The first-order valence-corrected chi connectivity index (χ1v) is 29.3. The number of carbonyl (C=O) groups excluding carboxylic acids is 3. The van der Waals surface area contributed by atoms with E-state index in [0.717, 1.165) is 150 Å². The van der Waals surface area contributed by atoms with Gasteiger partial charge in [-0.15, -0.1) is 44.1 Å². The predicted molar refractivity (Wildman–Crippen MR) is 321 cm³/mol. The number of nitrogens with zero attached hydrogens (tertiary/aromatic N) is 8. The Labute approximate surface area is 507 Å². The number of esters is 2. The molecule has 2 aliphatic carbocycles. The topological polar surface area (TPSA) is 178 Å². The number of methoxy groups -OCH3 is 2. The molecule has 0 spiro atoms. The maximum absolute atomic E-state index is 13.4. The van der Waals surface area contributed by atoms with Crippen LogP contribution in [0.1, 0.15) is 224 Å². The second kappa shape index (κ2) is 24.1. The van der Waals surface area contributed by atoms with Gasteiger partial charge in [0.1, 0.15) is 0 Å². The van der Waals surface area contributed by atoms with E-state index in [2.05, 4.69) is 106 Å². The van der Waals surface area contributed by atoms with Crippen molar-refractivity contribution in [2.75, 3.05) is 14.2 Å². The van der Waals surface area contributed by atoms with Gasteiger partial charge in [0, 0.05) is 71.3 Å². The van der Waals surface area contributed by atoms with Crippen LogP contribution in [-0.4, -0.2) is 51.9 Å². The van der Waals surface area contributed by atoms with Crippen LogP contribution in [0.2, 0.25) is 0 Å². The SMILES string of the molecule is CCC1=C(C)c2cc3[n-]c(cc4nc(c5c6[n-]c(cc1n2)c(C)c6C(=O)C5)[C@@H](CCC(=O)OC)[C@@H]4C)c(C)c3CC.CCC1=C(C)c2cc3[n-]c(cc4nc(c5c6[n-]c(cc1n2)c(C)c6CC5)[C@@H](CCC(=O)OC)[C@@H]4C)c(C)c3CC.[Ni+2].[Ni+2]. The first-order valence-electron chi connectivity index (χ1n) is 29.3. The predicted octanol–water partition coefficient (Wildman–Crippen LogP) is 13.7. The molecular formula is C68H74N8Ni2O5. The fraction of sp³-hybridized carbons (Fsp3) is 0.426. The fourth-order valence-corrected chi connectivity index (χ4v) is 13.8. The van der Waals surface area contributed by atoms with E-state index in [1.54, 1.807) is 0 Å². The quantitative estimate of drug-likeness (QED) is 0.0936. The van der Waals surface area contributed by atoms with Gasteiger partial charge in [0.25, 0.3) is 0 Å². The van der Waals surface area contributed by atoms with Crippen LogP contribution in [-0.2, 0) is 84.1 Å². The molecule has 0 radical (unpaired) electrons. The number of allylic oxidation sites excluding steroid dienone is 4. The van der Waals surface area contributed by atoms with E-state index in [-0.39, 0.29) is 87.2 Å². The van der Waals surface area contributed by atoms with E-state index < -0.39 is 0 Å². The molecule has 10 heterocycles. The summed E-state index contributed by atoms with van der Waals surface area (Å²) in [7, 11) is 2.87. The summed E-state index contributed by atoms with van der Waals surface area (Å²) in [5.41, 5.74) is 31.0. The maximum atomic E-state index is 13.4. The smallest absolute Gasteiger partial charge is 0.657 e. The van der Waals surface area contributed by atoms with E-state index in [1.807, 2.05) is 13.0 Å². The molecular weight excluding hydrogens is 1130 g/mol. The van der Waals surface area contributed by atoms with Crippen LogP contribution in [0.4, 0.5) is 0 Å². The average Bonchev–Trinajstić information content (AvgIpc) is 4.26. The van der Waals surface area contributed by atoms with Crippen molar-refractivity contribution in [3.8, 4) is 0 Å². The summed E-state index contributed by atoms with van der Waals surface area (Å²) in [5, 5.41) is 0. The summed E-state index contributed by atoms with van der Waals surface area (Å²) in [6, 6.07) is 12.7. The summed E-state index contributed by atoms with van der Waals surface area (Å²) in [6.45, 7) is 25.8. The fourth-order valence-electron chi connectivity index (χ4n) is 13.8. The number of ether oxygens (including phenoxy) is 2. The molecule has 4 atom stereocenters. The van der Waals surface area contributed by atoms with Crippen LogP contribution in [0.3, 0.4) is 0 Å². The van der Waals surface area contributed by atoms with Crippen LogP contribution in [0.25, 0.3) is 66.4 Å². The largest absolute Gasteiger partial charge is 2.00 e. The molecule has 12 rings (SSSR count). The van der Waals surface area contributed by atoms with Gasteiger partial charge in [0.15, 0.2) is 5.78 Å². The Balaban J connectivity index is 0.000000195. The summed E-state index contributed by atoms with van der Waals surface area (Å²) >= 11 is 0. The van der Waals surface area contributed by atoms with Gasteiger partial charge in [-0.05, 0) is 126 Å². The number of rotatable bonds is 10. The third-order valence-corrected chi connectivity index (χ3v) is 18.8. The Morgan fingerprint density at radius 3 is 1.39 bits per heavy atom. The van der Waals surface area contributed by atoms with Gasteiger partial charge in [0.05, 0.1) is 37.0 Å². The molecule has 83 heavy (non-hydrogen) atoms. The Hall–Kier alpha value is -6.68. The van der Waals surface area contributed by atoms with Crippen molar-refractivity contribution in [3.05, 3.63) is 138 Å². The van der Waals surface area contributed by atoms with E-state index in [1.165, 1.54) is 64.3 Å². The van der Waals surface area contributed by atoms with Crippen LogP contribution < -0.4 is 19.9 Å². The second-order valence-electron chi connectivity index (χ2n) is 22.9. The Kier molecular flexibility index (Phi) is 17.7. The van der Waals surface area contributed by atoms with Crippen molar-refractivity contribution in [3.63, 3.8) is 0 Å². The molecule has 15 heteroatoms. The minimum atomic E-state index is -0.246. The van der Waals surface area contributed by atoms with Crippen molar-refractivity contribution in [2.24, 2.45) is 0 Å². The molecule has 0 fully saturated rings. The van der Waals surface area contributed by atoms with E-state index >= 15 is 0 Å². The van der Waals surface area contributed by atoms with Crippen LogP contribution >= 0.6 is 0 Å². The van der Waals surface area contributed by atoms with Gasteiger partial charge < -0.3 is 29.4 Å². The molecule has 4 aliphatic heterocycles. The summed E-state index contributed by atoms with van der Waals surface area (Å²) in [4.78, 5) is 78.9. The third kappa shape index (κ3) is 10.5. The van der Waals surface area contributed by atoms with Gasteiger partial charge in [-0.2, -0.15) is 0 Å². The number of hydrogen-bond acceptors (Lipinski definition) is 9. The van der Waals surface area contributed by atoms with E-state index in [4.69, 9.17) is 49.3 Å². The summed E-state index contributed by atoms with van der Waals surface area (Å²) in [5.74, 6) is -0.0482. The average molecular weight is 1200 g/mol. The van der Waals surface area contributed by atoms with Crippen molar-refractivity contribution < 1.29 is 56.8 Å². The molecule has 6 aromatic rings. The number of Topliss-reactive ketones (excluding diaryl/α,β-unsaturated/α-hetero) is 1. The number of hydrogen-bond donors (Lipinski definition) is 0. The van der Waals surface area contributed by atoms with Gasteiger partial charge in [0.2, 0.25) is 0 Å². The van der Waals surface area contributed by atoms with Crippen molar-refractivity contribution in [1.82, 2.24) is 39.9 Å². The second-order valence-corrected chi connectivity index (χ2v) is 22.9. The van der Waals surface area contributed by atoms with E-state index in [0.29, 0.717) is 24.8 Å². The zero-order valence-electron chi connectivity index (χ0n) is 50.3. The normalized spacial score (nSPS) is 17.6. The minimum absolute atomic E-state index is 0. The minimum Gasteiger partial charge on any atom is -0.657 e. The molecule has 6 aliphatic rings. The monoisotopic (exact) mass is 1200 g/mol.